The molecule has 0 bridgehead atoms. The van der Waals surface area contributed by atoms with Gasteiger partial charge in [-0.3, -0.25) is 4.79 Å². The SMILES string of the molecule is CC(C)COc1cc(F)ccc1C(=O)Cl. The first-order valence-electron chi connectivity index (χ1n) is 4.63. The molecule has 0 heterocycles. The fraction of sp³-hybridized carbons (Fsp3) is 0.364. The van der Waals surface area contributed by atoms with Gasteiger partial charge in [-0.25, -0.2) is 4.39 Å². The van der Waals surface area contributed by atoms with Crippen LogP contribution in [0.25, 0.3) is 0 Å². The summed E-state index contributed by atoms with van der Waals surface area (Å²) in [6.07, 6.45) is 0. The number of hydrogen-bond acceptors (Lipinski definition) is 2. The molecule has 0 aliphatic rings. The van der Waals surface area contributed by atoms with Crippen LogP contribution in [0.15, 0.2) is 18.2 Å². The number of halogens is 2. The molecule has 0 aliphatic heterocycles. The van der Waals surface area contributed by atoms with Gasteiger partial charge < -0.3 is 4.74 Å². The summed E-state index contributed by atoms with van der Waals surface area (Å²) in [4.78, 5) is 11.0. The highest BCUT2D eigenvalue weighted by Crippen LogP contribution is 2.22. The van der Waals surface area contributed by atoms with Gasteiger partial charge in [0.15, 0.2) is 0 Å². The quantitative estimate of drug-likeness (QED) is 0.743. The maximum absolute atomic E-state index is 12.9. The van der Waals surface area contributed by atoms with E-state index in [0.29, 0.717) is 12.5 Å². The second-order valence-corrected chi connectivity index (χ2v) is 3.96. The lowest BCUT2D eigenvalue weighted by atomic mass is 10.2. The van der Waals surface area contributed by atoms with Gasteiger partial charge in [0.2, 0.25) is 0 Å². The molecule has 0 aliphatic carbocycles. The minimum atomic E-state index is -0.645. The van der Waals surface area contributed by atoms with Gasteiger partial charge in [-0.05, 0) is 29.7 Å². The summed E-state index contributed by atoms with van der Waals surface area (Å²) in [6.45, 7) is 4.34. The molecule has 0 amide bonds. The highest BCUT2D eigenvalue weighted by Gasteiger charge is 2.11. The van der Waals surface area contributed by atoms with Crippen molar-refractivity contribution in [3.8, 4) is 5.75 Å². The monoisotopic (exact) mass is 230 g/mol. The summed E-state index contributed by atoms with van der Waals surface area (Å²) in [5.41, 5.74) is 0.193. The highest BCUT2D eigenvalue weighted by atomic mass is 35.5. The van der Waals surface area contributed by atoms with Crippen molar-refractivity contribution in [3.63, 3.8) is 0 Å². The molecule has 15 heavy (non-hydrogen) atoms. The first kappa shape index (κ1) is 12.0. The van der Waals surface area contributed by atoms with E-state index in [0.717, 1.165) is 6.07 Å². The molecule has 82 valence electrons. The minimum Gasteiger partial charge on any atom is -0.492 e. The summed E-state index contributed by atoms with van der Waals surface area (Å²) in [5.74, 6) is 0.0469. The zero-order valence-electron chi connectivity index (χ0n) is 8.59. The maximum Gasteiger partial charge on any atom is 0.256 e. The van der Waals surface area contributed by atoms with Crippen LogP contribution in [0.1, 0.15) is 24.2 Å². The molecule has 2 nitrogen and oxygen atoms in total. The van der Waals surface area contributed by atoms with Crippen molar-refractivity contribution in [2.24, 2.45) is 5.92 Å². The molecule has 1 aromatic rings. The average Bonchev–Trinajstić information content (AvgIpc) is 2.14. The van der Waals surface area contributed by atoms with Crippen LogP contribution in [0.5, 0.6) is 5.75 Å². The zero-order chi connectivity index (χ0) is 11.4. The Morgan fingerprint density at radius 1 is 1.53 bits per heavy atom. The van der Waals surface area contributed by atoms with Gasteiger partial charge in [0.25, 0.3) is 5.24 Å². The number of benzene rings is 1. The normalized spacial score (nSPS) is 10.5. The van der Waals surface area contributed by atoms with E-state index >= 15 is 0 Å². The molecule has 0 spiro atoms. The molecule has 1 rings (SSSR count). The Morgan fingerprint density at radius 3 is 2.73 bits per heavy atom. The van der Waals surface area contributed by atoms with Crippen LogP contribution in [0.3, 0.4) is 0 Å². The third-order valence-electron chi connectivity index (χ3n) is 1.73. The Kier molecular flexibility index (Phi) is 4.09. The van der Waals surface area contributed by atoms with Crippen molar-refractivity contribution in [3.05, 3.63) is 29.6 Å². The highest BCUT2D eigenvalue weighted by molar-refractivity contribution is 6.68. The van der Waals surface area contributed by atoms with E-state index < -0.39 is 11.1 Å². The Hall–Kier alpha value is -1.09. The summed E-state index contributed by atoms with van der Waals surface area (Å²) < 4.78 is 18.2. The van der Waals surface area contributed by atoms with Crippen LogP contribution in [0, 0.1) is 11.7 Å². The lowest BCUT2D eigenvalue weighted by Gasteiger charge is -2.10. The van der Waals surface area contributed by atoms with E-state index in [-0.39, 0.29) is 11.3 Å². The zero-order valence-corrected chi connectivity index (χ0v) is 9.34. The molecular formula is C11H12ClFO2. The van der Waals surface area contributed by atoms with Gasteiger partial charge in [0, 0.05) is 6.07 Å². The van der Waals surface area contributed by atoms with E-state index in [1.165, 1.54) is 12.1 Å². The van der Waals surface area contributed by atoms with Gasteiger partial charge in [-0.2, -0.15) is 0 Å². The van der Waals surface area contributed by atoms with E-state index in [1.807, 2.05) is 13.8 Å². The van der Waals surface area contributed by atoms with Gasteiger partial charge in [-0.1, -0.05) is 13.8 Å². The molecule has 0 unspecified atom stereocenters. The minimum absolute atomic E-state index is 0.193. The number of hydrogen-bond donors (Lipinski definition) is 0. The van der Waals surface area contributed by atoms with Gasteiger partial charge in [0.05, 0.1) is 12.2 Å². The van der Waals surface area contributed by atoms with Crippen LogP contribution in [0.4, 0.5) is 4.39 Å². The molecule has 0 aromatic heterocycles. The fourth-order valence-electron chi connectivity index (χ4n) is 1.03. The third kappa shape index (κ3) is 3.51. The molecule has 0 radical (unpaired) electrons. The summed E-state index contributed by atoms with van der Waals surface area (Å²) in [6, 6.07) is 3.66. The molecule has 0 fully saturated rings. The molecule has 4 heteroatoms. The topological polar surface area (TPSA) is 26.3 Å². The van der Waals surface area contributed by atoms with Gasteiger partial charge >= 0.3 is 0 Å². The first-order chi connectivity index (χ1) is 7.00. The van der Waals surface area contributed by atoms with Crippen LogP contribution >= 0.6 is 11.6 Å². The standard InChI is InChI=1S/C11H12ClFO2/c1-7(2)6-15-10-5-8(13)3-4-9(10)11(12)14/h3-5,7H,6H2,1-2H3. The second-order valence-electron chi connectivity index (χ2n) is 3.62. The summed E-state index contributed by atoms with van der Waals surface area (Å²) in [5, 5.41) is -0.645. The van der Waals surface area contributed by atoms with E-state index in [1.54, 1.807) is 0 Å². The number of rotatable bonds is 4. The lowest BCUT2D eigenvalue weighted by molar-refractivity contribution is 0.107. The maximum atomic E-state index is 12.9. The van der Waals surface area contributed by atoms with Gasteiger partial charge in [0.1, 0.15) is 11.6 Å². The van der Waals surface area contributed by atoms with Crippen LogP contribution in [-0.4, -0.2) is 11.8 Å². The predicted molar refractivity (Wildman–Crippen MR) is 56.9 cm³/mol. The largest absolute Gasteiger partial charge is 0.492 e. The van der Waals surface area contributed by atoms with Crippen LogP contribution in [0.2, 0.25) is 0 Å². The Bertz CT molecular complexity index is 364. The molecule has 0 N–H and O–H groups in total. The van der Waals surface area contributed by atoms with Crippen molar-refractivity contribution >= 4 is 16.8 Å². The number of ether oxygens (including phenoxy) is 1. The first-order valence-corrected chi connectivity index (χ1v) is 5.00. The van der Waals surface area contributed by atoms with Gasteiger partial charge in [-0.15, -0.1) is 0 Å². The Labute approximate surface area is 93.0 Å². The molecule has 0 saturated carbocycles. The summed E-state index contributed by atoms with van der Waals surface area (Å²) in [7, 11) is 0. The van der Waals surface area contributed by atoms with Crippen molar-refractivity contribution in [2.45, 2.75) is 13.8 Å². The van der Waals surface area contributed by atoms with Crippen molar-refractivity contribution in [2.75, 3.05) is 6.61 Å². The van der Waals surface area contributed by atoms with E-state index in [4.69, 9.17) is 16.3 Å². The Morgan fingerprint density at radius 2 is 2.20 bits per heavy atom. The third-order valence-corrected chi connectivity index (χ3v) is 1.93. The van der Waals surface area contributed by atoms with Crippen molar-refractivity contribution in [1.82, 2.24) is 0 Å². The smallest absolute Gasteiger partial charge is 0.256 e. The molecule has 0 atom stereocenters. The average molecular weight is 231 g/mol. The number of carbonyl (C=O) groups is 1. The molecule has 0 saturated heterocycles. The van der Waals surface area contributed by atoms with Crippen molar-refractivity contribution in [1.29, 1.82) is 0 Å². The van der Waals surface area contributed by atoms with Crippen LogP contribution < -0.4 is 4.74 Å². The van der Waals surface area contributed by atoms with E-state index in [9.17, 15) is 9.18 Å². The number of carbonyl (C=O) groups excluding carboxylic acids is 1. The predicted octanol–water partition coefficient (Wildman–Crippen LogP) is 3.24. The van der Waals surface area contributed by atoms with Crippen LogP contribution in [-0.2, 0) is 0 Å². The molecule has 1 aromatic carbocycles. The van der Waals surface area contributed by atoms with Crippen molar-refractivity contribution < 1.29 is 13.9 Å². The lowest BCUT2D eigenvalue weighted by Crippen LogP contribution is -2.07. The summed E-state index contributed by atoms with van der Waals surface area (Å²) >= 11 is 5.33. The Balaban J connectivity index is 2.92. The van der Waals surface area contributed by atoms with E-state index in [2.05, 4.69) is 0 Å². The second kappa shape index (κ2) is 5.12. The fourth-order valence-corrected chi connectivity index (χ4v) is 1.19. The molecular weight excluding hydrogens is 219 g/mol.